The summed E-state index contributed by atoms with van der Waals surface area (Å²) in [5.74, 6) is -0.0643. The van der Waals surface area contributed by atoms with Gasteiger partial charge in [-0.1, -0.05) is 32.0 Å². The van der Waals surface area contributed by atoms with Gasteiger partial charge < -0.3 is 9.59 Å². The van der Waals surface area contributed by atoms with Crippen molar-refractivity contribution in [1.82, 2.24) is 0 Å². The summed E-state index contributed by atoms with van der Waals surface area (Å²) in [5.41, 5.74) is 0.331. The van der Waals surface area contributed by atoms with Gasteiger partial charge in [-0.25, -0.2) is 4.79 Å². The zero-order valence-corrected chi connectivity index (χ0v) is 11.5. The van der Waals surface area contributed by atoms with Crippen LogP contribution >= 0.6 is 0 Å². The van der Waals surface area contributed by atoms with Crippen LogP contribution in [0.4, 0.5) is 0 Å². The van der Waals surface area contributed by atoms with E-state index in [1.54, 1.807) is 30.3 Å². The molecule has 0 unspecified atom stereocenters. The van der Waals surface area contributed by atoms with Crippen molar-refractivity contribution in [2.45, 2.75) is 13.8 Å². The summed E-state index contributed by atoms with van der Waals surface area (Å²) in [6.45, 7) is 5.77. The fourth-order valence-corrected chi connectivity index (χ4v) is 1.68. The molecule has 3 nitrogen and oxygen atoms in total. The van der Waals surface area contributed by atoms with Gasteiger partial charge in [-0.05, 0) is 12.1 Å². The van der Waals surface area contributed by atoms with Crippen molar-refractivity contribution >= 4 is 5.97 Å². The van der Waals surface area contributed by atoms with E-state index in [-0.39, 0.29) is 0 Å². The smallest absolute Gasteiger partial charge is 0.335 e. The van der Waals surface area contributed by atoms with Gasteiger partial charge in [-0.2, -0.15) is 0 Å². The standard InChI is InChI=1S/C7H18N.C7H6O2/c1-7(2)6-8(3,4)5;8-7(9)6-4-2-1-3-5-6/h7H,6H2,1-5H3;1-5H,(H,8,9)/q+1;. The van der Waals surface area contributed by atoms with Gasteiger partial charge in [0.2, 0.25) is 0 Å². The first-order valence-electron chi connectivity index (χ1n) is 5.81. The molecule has 96 valence electrons. The van der Waals surface area contributed by atoms with Crippen LogP contribution in [-0.2, 0) is 0 Å². The minimum atomic E-state index is -0.879. The number of carbonyl (C=O) groups is 1. The zero-order valence-electron chi connectivity index (χ0n) is 11.5. The van der Waals surface area contributed by atoms with E-state index < -0.39 is 5.97 Å². The van der Waals surface area contributed by atoms with Crippen LogP contribution in [0.1, 0.15) is 24.2 Å². The fourth-order valence-electron chi connectivity index (χ4n) is 1.68. The maximum absolute atomic E-state index is 10.2. The molecule has 0 atom stereocenters. The van der Waals surface area contributed by atoms with Crippen LogP contribution in [0.25, 0.3) is 0 Å². The zero-order chi connectivity index (χ0) is 13.5. The summed E-state index contributed by atoms with van der Waals surface area (Å²) in [5, 5.41) is 8.38. The van der Waals surface area contributed by atoms with Crippen LogP contribution in [0.3, 0.4) is 0 Å². The molecule has 0 bridgehead atoms. The van der Waals surface area contributed by atoms with Crippen molar-refractivity contribution in [2.75, 3.05) is 27.7 Å². The quantitative estimate of drug-likeness (QED) is 0.822. The lowest BCUT2D eigenvalue weighted by molar-refractivity contribution is -0.873. The van der Waals surface area contributed by atoms with E-state index in [0.717, 1.165) is 10.4 Å². The Balaban J connectivity index is 0.000000304. The van der Waals surface area contributed by atoms with E-state index in [0.29, 0.717) is 5.56 Å². The van der Waals surface area contributed by atoms with Gasteiger partial charge in [0.05, 0.1) is 33.3 Å². The molecule has 0 heterocycles. The van der Waals surface area contributed by atoms with E-state index >= 15 is 0 Å². The number of hydrogen-bond donors (Lipinski definition) is 1. The average molecular weight is 238 g/mol. The van der Waals surface area contributed by atoms with Crippen molar-refractivity contribution in [3.63, 3.8) is 0 Å². The first-order valence-corrected chi connectivity index (χ1v) is 5.81. The van der Waals surface area contributed by atoms with Crippen LogP contribution in [0.15, 0.2) is 30.3 Å². The SMILES string of the molecule is CC(C)C[N+](C)(C)C.O=C(O)c1ccccc1. The second-order valence-electron chi connectivity index (χ2n) is 5.54. The largest absolute Gasteiger partial charge is 0.478 e. The van der Waals surface area contributed by atoms with E-state index in [9.17, 15) is 4.79 Å². The minimum Gasteiger partial charge on any atom is -0.478 e. The van der Waals surface area contributed by atoms with Crippen LogP contribution in [0.2, 0.25) is 0 Å². The number of rotatable bonds is 3. The Hall–Kier alpha value is -1.35. The third-order valence-corrected chi connectivity index (χ3v) is 1.93. The second kappa shape index (κ2) is 7.07. The number of quaternary nitrogens is 1. The molecule has 17 heavy (non-hydrogen) atoms. The highest BCUT2D eigenvalue weighted by Gasteiger charge is 2.08. The highest BCUT2D eigenvalue weighted by atomic mass is 16.4. The molecule has 0 radical (unpaired) electrons. The maximum Gasteiger partial charge on any atom is 0.335 e. The molecule has 0 saturated carbocycles. The fraction of sp³-hybridized carbons (Fsp3) is 0.500. The molecule has 0 aromatic heterocycles. The number of carboxylic acids is 1. The average Bonchev–Trinajstić information content (AvgIpc) is 2.16. The van der Waals surface area contributed by atoms with Crippen LogP contribution in [0.5, 0.6) is 0 Å². The highest BCUT2D eigenvalue weighted by molar-refractivity contribution is 5.87. The molecule has 1 aromatic rings. The van der Waals surface area contributed by atoms with Gasteiger partial charge in [0.1, 0.15) is 0 Å². The normalized spacial score (nSPS) is 10.7. The van der Waals surface area contributed by atoms with Crippen molar-refractivity contribution in [3.8, 4) is 0 Å². The Labute approximate surface area is 104 Å². The molecule has 0 spiro atoms. The molecule has 0 amide bonds. The number of carboxylic acid groups (broad SMARTS) is 1. The molecule has 0 aliphatic heterocycles. The Kier molecular flexibility index (Phi) is 6.51. The van der Waals surface area contributed by atoms with Crippen molar-refractivity contribution in [1.29, 1.82) is 0 Å². The van der Waals surface area contributed by atoms with Crippen LogP contribution < -0.4 is 0 Å². The summed E-state index contributed by atoms with van der Waals surface area (Å²) in [6.07, 6.45) is 0. The van der Waals surface area contributed by atoms with Gasteiger partial charge in [-0.3, -0.25) is 0 Å². The van der Waals surface area contributed by atoms with Gasteiger partial charge in [0.25, 0.3) is 0 Å². The Bertz CT molecular complexity index is 326. The number of nitrogens with zero attached hydrogens (tertiary/aromatic N) is 1. The summed E-state index contributed by atoms with van der Waals surface area (Å²) in [6, 6.07) is 8.30. The third-order valence-electron chi connectivity index (χ3n) is 1.93. The van der Waals surface area contributed by atoms with Crippen molar-refractivity contribution in [2.24, 2.45) is 5.92 Å². The van der Waals surface area contributed by atoms with Crippen LogP contribution in [-0.4, -0.2) is 43.2 Å². The minimum absolute atomic E-state index is 0.331. The summed E-state index contributed by atoms with van der Waals surface area (Å²) in [7, 11) is 6.67. The molecular weight excluding hydrogens is 214 g/mol. The van der Waals surface area contributed by atoms with Crippen LogP contribution in [0, 0.1) is 5.92 Å². The van der Waals surface area contributed by atoms with E-state index in [2.05, 4.69) is 35.0 Å². The van der Waals surface area contributed by atoms with Crippen molar-refractivity contribution in [3.05, 3.63) is 35.9 Å². The first-order chi connectivity index (χ1) is 7.72. The van der Waals surface area contributed by atoms with Gasteiger partial charge in [0, 0.05) is 5.92 Å². The second-order valence-corrected chi connectivity index (χ2v) is 5.54. The topological polar surface area (TPSA) is 37.3 Å². The van der Waals surface area contributed by atoms with Crippen molar-refractivity contribution < 1.29 is 14.4 Å². The third kappa shape index (κ3) is 9.57. The number of benzene rings is 1. The number of aromatic carboxylic acids is 1. The molecule has 0 saturated heterocycles. The Morgan fingerprint density at radius 2 is 1.65 bits per heavy atom. The molecule has 1 aromatic carbocycles. The molecule has 1 N–H and O–H groups in total. The molecule has 0 fully saturated rings. The number of hydrogen-bond acceptors (Lipinski definition) is 1. The summed E-state index contributed by atoms with van der Waals surface area (Å²) >= 11 is 0. The monoisotopic (exact) mass is 238 g/mol. The molecule has 3 heteroatoms. The van der Waals surface area contributed by atoms with E-state index in [4.69, 9.17) is 5.11 Å². The van der Waals surface area contributed by atoms with E-state index in [1.807, 2.05) is 0 Å². The maximum atomic E-state index is 10.2. The van der Waals surface area contributed by atoms with Gasteiger partial charge >= 0.3 is 5.97 Å². The Morgan fingerprint density at radius 1 is 1.18 bits per heavy atom. The van der Waals surface area contributed by atoms with E-state index in [1.165, 1.54) is 6.54 Å². The van der Waals surface area contributed by atoms with Gasteiger partial charge in [-0.15, -0.1) is 0 Å². The predicted molar refractivity (Wildman–Crippen MR) is 71.1 cm³/mol. The first kappa shape index (κ1) is 15.7. The lowest BCUT2D eigenvalue weighted by Gasteiger charge is -2.25. The Morgan fingerprint density at radius 3 is 1.82 bits per heavy atom. The lowest BCUT2D eigenvalue weighted by Crippen LogP contribution is -2.37. The van der Waals surface area contributed by atoms with Gasteiger partial charge in [0.15, 0.2) is 0 Å². The predicted octanol–water partition coefficient (Wildman–Crippen LogP) is 2.73. The lowest BCUT2D eigenvalue weighted by atomic mass is 10.2. The molecule has 1 rings (SSSR count). The highest BCUT2D eigenvalue weighted by Crippen LogP contribution is 1.99. The molecule has 0 aliphatic carbocycles. The summed E-state index contributed by atoms with van der Waals surface area (Å²) in [4.78, 5) is 10.2. The summed E-state index contributed by atoms with van der Waals surface area (Å²) < 4.78 is 1.08. The molecule has 0 aliphatic rings. The molecular formula is C14H24NO2+.